The summed E-state index contributed by atoms with van der Waals surface area (Å²) in [5, 5.41) is 3.97. The topological polar surface area (TPSA) is 74.2 Å². The van der Waals surface area contributed by atoms with E-state index in [1.54, 1.807) is 11.8 Å². The smallest absolute Gasteiger partial charge is 0.234 e. The zero-order chi connectivity index (χ0) is 11.4. The summed E-state index contributed by atoms with van der Waals surface area (Å²) in [6, 6.07) is 0. The Kier molecular flexibility index (Phi) is 3.83. The monoisotopic (exact) mass is 243 g/mol. The second-order valence-corrected chi connectivity index (χ2v) is 4.91. The molecule has 5 nitrogen and oxygen atoms in total. The predicted octanol–water partition coefficient (Wildman–Crippen LogP) is 0.940. The van der Waals surface area contributed by atoms with Gasteiger partial charge in [0.05, 0.1) is 11.2 Å². The summed E-state index contributed by atoms with van der Waals surface area (Å²) in [6.45, 7) is 1.98. The number of hydrogen-bond donors (Lipinski definition) is 1. The molecule has 2 heterocycles. The van der Waals surface area contributed by atoms with E-state index in [0.717, 1.165) is 37.6 Å². The van der Waals surface area contributed by atoms with Crippen LogP contribution in [0.2, 0.25) is 0 Å². The first kappa shape index (κ1) is 11.9. The molecule has 90 valence electrons. The molecule has 1 aliphatic rings. The van der Waals surface area contributed by atoms with Gasteiger partial charge in [0, 0.05) is 19.8 Å². The van der Waals surface area contributed by atoms with Crippen LogP contribution in [0.15, 0.2) is 4.52 Å². The van der Waals surface area contributed by atoms with Crippen molar-refractivity contribution in [3.63, 3.8) is 0 Å². The molecule has 2 N–H and O–H groups in total. The lowest BCUT2D eigenvalue weighted by molar-refractivity contribution is 0.0409. The molecule has 1 aromatic heterocycles. The van der Waals surface area contributed by atoms with Gasteiger partial charge in [0.1, 0.15) is 0 Å². The van der Waals surface area contributed by atoms with Crippen molar-refractivity contribution in [2.24, 2.45) is 5.73 Å². The molecular formula is C10H17N3O2S. The summed E-state index contributed by atoms with van der Waals surface area (Å²) in [5.74, 6) is 2.21. The lowest BCUT2D eigenvalue weighted by atomic mass is 9.80. The molecule has 0 amide bonds. The van der Waals surface area contributed by atoms with Gasteiger partial charge in [0.2, 0.25) is 5.89 Å². The Hall–Kier alpha value is -0.590. The van der Waals surface area contributed by atoms with E-state index in [9.17, 15) is 0 Å². The SMILES string of the molecule is CSCc1noc(C2(CN)CCOCC2)n1. The predicted molar refractivity (Wildman–Crippen MR) is 62.3 cm³/mol. The summed E-state index contributed by atoms with van der Waals surface area (Å²) >= 11 is 1.68. The maximum absolute atomic E-state index is 5.86. The van der Waals surface area contributed by atoms with Crippen molar-refractivity contribution in [2.45, 2.75) is 24.0 Å². The average molecular weight is 243 g/mol. The van der Waals surface area contributed by atoms with E-state index in [0.29, 0.717) is 12.4 Å². The highest BCUT2D eigenvalue weighted by Crippen LogP contribution is 2.32. The number of nitrogens with zero attached hydrogens (tertiary/aromatic N) is 2. The summed E-state index contributed by atoms with van der Waals surface area (Å²) in [6.07, 6.45) is 3.75. The van der Waals surface area contributed by atoms with E-state index in [1.165, 1.54) is 0 Å². The van der Waals surface area contributed by atoms with Crippen LogP contribution in [-0.4, -0.2) is 36.2 Å². The van der Waals surface area contributed by atoms with Gasteiger partial charge in [-0.25, -0.2) is 0 Å². The van der Waals surface area contributed by atoms with E-state index in [1.807, 2.05) is 6.26 Å². The Morgan fingerprint density at radius 1 is 1.44 bits per heavy atom. The largest absolute Gasteiger partial charge is 0.381 e. The summed E-state index contributed by atoms with van der Waals surface area (Å²) in [7, 11) is 0. The minimum Gasteiger partial charge on any atom is -0.381 e. The van der Waals surface area contributed by atoms with Gasteiger partial charge in [-0.3, -0.25) is 0 Å². The lowest BCUT2D eigenvalue weighted by Gasteiger charge is -2.32. The molecule has 0 bridgehead atoms. The van der Waals surface area contributed by atoms with Crippen molar-refractivity contribution in [2.75, 3.05) is 26.0 Å². The van der Waals surface area contributed by atoms with E-state index >= 15 is 0 Å². The van der Waals surface area contributed by atoms with E-state index in [-0.39, 0.29) is 5.41 Å². The second kappa shape index (κ2) is 5.16. The fourth-order valence-corrected chi connectivity index (χ4v) is 2.30. The van der Waals surface area contributed by atoms with Crippen LogP contribution in [0, 0.1) is 0 Å². The van der Waals surface area contributed by atoms with Crippen LogP contribution in [-0.2, 0) is 15.9 Å². The zero-order valence-corrected chi connectivity index (χ0v) is 10.3. The van der Waals surface area contributed by atoms with E-state index < -0.39 is 0 Å². The van der Waals surface area contributed by atoms with Crippen LogP contribution in [0.25, 0.3) is 0 Å². The number of ether oxygens (including phenoxy) is 1. The summed E-state index contributed by atoms with van der Waals surface area (Å²) in [5.41, 5.74) is 5.70. The number of thioether (sulfide) groups is 1. The maximum Gasteiger partial charge on any atom is 0.234 e. The van der Waals surface area contributed by atoms with Gasteiger partial charge in [-0.2, -0.15) is 16.7 Å². The van der Waals surface area contributed by atoms with E-state index in [2.05, 4.69) is 10.1 Å². The van der Waals surface area contributed by atoms with Crippen molar-refractivity contribution in [1.29, 1.82) is 0 Å². The molecule has 0 aliphatic carbocycles. The Labute approximate surface area is 99.1 Å². The number of rotatable bonds is 4. The van der Waals surface area contributed by atoms with Gasteiger partial charge in [-0.15, -0.1) is 0 Å². The third-order valence-electron chi connectivity index (χ3n) is 3.04. The van der Waals surface area contributed by atoms with Crippen LogP contribution in [0.1, 0.15) is 24.6 Å². The molecular weight excluding hydrogens is 226 g/mol. The standard InChI is InChI=1S/C10H17N3O2S/c1-16-6-8-12-9(15-13-8)10(7-11)2-4-14-5-3-10/h2-7,11H2,1H3. The molecule has 1 fully saturated rings. The Balaban J connectivity index is 2.18. The van der Waals surface area contributed by atoms with Gasteiger partial charge in [-0.1, -0.05) is 5.16 Å². The van der Waals surface area contributed by atoms with Crippen LogP contribution < -0.4 is 5.73 Å². The maximum atomic E-state index is 5.86. The third-order valence-corrected chi connectivity index (χ3v) is 3.58. The molecule has 6 heteroatoms. The molecule has 0 aromatic carbocycles. The van der Waals surface area contributed by atoms with Gasteiger partial charge in [0.25, 0.3) is 0 Å². The third kappa shape index (κ3) is 2.23. The van der Waals surface area contributed by atoms with Crippen molar-refractivity contribution in [3.05, 3.63) is 11.7 Å². The van der Waals surface area contributed by atoms with E-state index in [4.69, 9.17) is 15.0 Å². The molecule has 0 radical (unpaired) electrons. The molecule has 0 saturated carbocycles. The van der Waals surface area contributed by atoms with Crippen LogP contribution >= 0.6 is 11.8 Å². The lowest BCUT2D eigenvalue weighted by Crippen LogP contribution is -2.40. The fraction of sp³-hybridized carbons (Fsp3) is 0.800. The van der Waals surface area contributed by atoms with Crippen molar-refractivity contribution in [1.82, 2.24) is 10.1 Å². The molecule has 1 aliphatic heterocycles. The van der Waals surface area contributed by atoms with Gasteiger partial charge in [0.15, 0.2) is 5.82 Å². The van der Waals surface area contributed by atoms with Crippen LogP contribution in [0.3, 0.4) is 0 Å². The minimum atomic E-state index is -0.165. The fourth-order valence-electron chi connectivity index (χ4n) is 1.92. The highest BCUT2D eigenvalue weighted by Gasteiger charge is 2.38. The highest BCUT2D eigenvalue weighted by atomic mass is 32.2. The molecule has 1 aromatic rings. The highest BCUT2D eigenvalue weighted by molar-refractivity contribution is 7.97. The first-order valence-electron chi connectivity index (χ1n) is 5.40. The van der Waals surface area contributed by atoms with Crippen molar-refractivity contribution < 1.29 is 9.26 Å². The van der Waals surface area contributed by atoms with Crippen LogP contribution in [0.4, 0.5) is 0 Å². The normalized spacial score (nSPS) is 19.9. The Morgan fingerprint density at radius 3 is 2.81 bits per heavy atom. The van der Waals surface area contributed by atoms with Gasteiger partial charge >= 0.3 is 0 Å². The van der Waals surface area contributed by atoms with Crippen molar-refractivity contribution in [3.8, 4) is 0 Å². The number of nitrogens with two attached hydrogens (primary N) is 1. The molecule has 0 unspecified atom stereocenters. The van der Waals surface area contributed by atoms with Crippen molar-refractivity contribution >= 4 is 11.8 Å². The summed E-state index contributed by atoms with van der Waals surface area (Å²) in [4.78, 5) is 4.43. The van der Waals surface area contributed by atoms with Crippen LogP contribution in [0.5, 0.6) is 0 Å². The summed E-state index contributed by atoms with van der Waals surface area (Å²) < 4.78 is 10.7. The minimum absolute atomic E-state index is 0.165. The first-order chi connectivity index (χ1) is 7.80. The quantitative estimate of drug-likeness (QED) is 0.848. The molecule has 2 rings (SSSR count). The van der Waals surface area contributed by atoms with Gasteiger partial charge < -0.3 is 15.0 Å². The first-order valence-corrected chi connectivity index (χ1v) is 6.80. The Morgan fingerprint density at radius 2 is 2.19 bits per heavy atom. The number of aromatic nitrogens is 2. The molecule has 0 spiro atoms. The second-order valence-electron chi connectivity index (χ2n) is 4.05. The molecule has 0 atom stereocenters. The Bertz CT molecular complexity index is 337. The number of hydrogen-bond acceptors (Lipinski definition) is 6. The van der Waals surface area contributed by atoms with Gasteiger partial charge in [-0.05, 0) is 19.1 Å². The average Bonchev–Trinajstić information content (AvgIpc) is 2.80. The zero-order valence-electron chi connectivity index (χ0n) is 9.44. The molecule has 16 heavy (non-hydrogen) atoms. The molecule has 1 saturated heterocycles.